The van der Waals surface area contributed by atoms with Crippen LogP contribution in [0.15, 0.2) is 40.1 Å². The number of benzene rings is 1. The Morgan fingerprint density at radius 1 is 1.23 bits per heavy atom. The van der Waals surface area contributed by atoms with Gasteiger partial charge in [0.2, 0.25) is 0 Å². The van der Waals surface area contributed by atoms with Crippen LogP contribution in [0.2, 0.25) is 5.02 Å². The molecule has 0 aliphatic rings. The molecule has 0 spiro atoms. The van der Waals surface area contributed by atoms with E-state index < -0.39 is 11.2 Å². The molecule has 0 unspecified atom stereocenters. The van der Waals surface area contributed by atoms with Crippen molar-refractivity contribution in [3.8, 4) is 10.4 Å². The molecule has 0 saturated carbocycles. The Balaban J connectivity index is 2.04. The molecule has 0 radical (unpaired) electrons. The highest BCUT2D eigenvalue weighted by Gasteiger charge is 2.15. The van der Waals surface area contributed by atoms with Crippen LogP contribution in [0.5, 0.6) is 0 Å². The molecular formula is C14H9ClN4O2S. The molecule has 3 heterocycles. The number of aryl methyl sites for hydroxylation is 1. The number of nitrogens with zero attached hydrogens (tertiary/aromatic N) is 3. The summed E-state index contributed by atoms with van der Waals surface area (Å²) in [7, 11) is 1.58. The van der Waals surface area contributed by atoms with Gasteiger partial charge in [-0.05, 0) is 17.7 Å². The van der Waals surface area contributed by atoms with Crippen molar-refractivity contribution in [3.63, 3.8) is 0 Å². The molecule has 0 bridgehead atoms. The lowest BCUT2D eigenvalue weighted by Crippen LogP contribution is -2.28. The van der Waals surface area contributed by atoms with E-state index in [0.29, 0.717) is 21.1 Å². The number of aromatic nitrogens is 4. The molecule has 4 rings (SSSR count). The van der Waals surface area contributed by atoms with Gasteiger partial charge in [-0.3, -0.25) is 18.7 Å². The lowest BCUT2D eigenvalue weighted by atomic mass is 10.2. The molecule has 1 aromatic carbocycles. The van der Waals surface area contributed by atoms with Gasteiger partial charge in [-0.15, -0.1) is 0 Å². The summed E-state index contributed by atoms with van der Waals surface area (Å²) in [6.07, 6.45) is 1.85. The lowest BCUT2D eigenvalue weighted by Gasteiger charge is -1.98. The van der Waals surface area contributed by atoms with Crippen LogP contribution in [0, 0.1) is 0 Å². The summed E-state index contributed by atoms with van der Waals surface area (Å²) in [6.45, 7) is 0. The van der Waals surface area contributed by atoms with Gasteiger partial charge in [0, 0.05) is 18.3 Å². The lowest BCUT2D eigenvalue weighted by molar-refractivity contribution is 0.832. The Morgan fingerprint density at radius 3 is 2.68 bits per heavy atom. The van der Waals surface area contributed by atoms with Crippen molar-refractivity contribution < 1.29 is 0 Å². The van der Waals surface area contributed by atoms with Crippen LogP contribution in [-0.4, -0.2) is 18.9 Å². The zero-order chi connectivity index (χ0) is 15.4. The minimum Gasteiger partial charge on any atom is -0.283 e. The van der Waals surface area contributed by atoms with Gasteiger partial charge in [-0.2, -0.15) is 0 Å². The number of halogens is 1. The molecule has 110 valence electrons. The third kappa shape index (κ3) is 1.83. The van der Waals surface area contributed by atoms with Crippen LogP contribution in [0.1, 0.15) is 0 Å². The summed E-state index contributed by atoms with van der Waals surface area (Å²) >= 11 is 7.34. The average molecular weight is 333 g/mol. The molecule has 0 atom stereocenters. The molecule has 0 fully saturated rings. The zero-order valence-electron chi connectivity index (χ0n) is 11.3. The van der Waals surface area contributed by atoms with Gasteiger partial charge in [0.25, 0.3) is 5.56 Å². The largest absolute Gasteiger partial charge is 0.329 e. The van der Waals surface area contributed by atoms with Crippen molar-refractivity contribution in [2.75, 3.05) is 0 Å². The number of aromatic amines is 1. The first-order chi connectivity index (χ1) is 10.5. The van der Waals surface area contributed by atoms with Crippen molar-refractivity contribution in [3.05, 3.63) is 56.3 Å². The maximum atomic E-state index is 12.1. The van der Waals surface area contributed by atoms with Gasteiger partial charge in [-0.25, -0.2) is 9.78 Å². The molecule has 0 aliphatic heterocycles. The van der Waals surface area contributed by atoms with Gasteiger partial charge in [0.05, 0.1) is 4.88 Å². The third-order valence-corrected chi connectivity index (χ3v) is 4.78. The first kappa shape index (κ1) is 13.3. The quantitative estimate of drug-likeness (QED) is 0.581. The molecule has 8 heteroatoms. The minimum atomic E-state index is -0.471. The van der Waals surface area contributed by atoms with Crippen molar-refractivity contribution in [2.24, 2.45) is 7.05 Å². The van der Waals surface area contributed by atoms with E-state index in [2.05, 4.69) is 9.97 Å². The number of thiazole rings is 1. The maximum Gasteiger partial charge on any atom is 0.329 e. The number of rotatable bonds is 1. The molecular weight excluding hydrogens is 324 g/mol. The molecule has 0 aliphatic carbocycles. The highest BCUT2D eigenvalue weighted by atomic mass is 35.5. The molecule has 6 nitrogen and oxygen atoms in total. The molecule has 1 N–H and O–H groups in total. The molecule has 0 amide bonds. The van der Waals surface area contributed by atoms with Crippen LogP contribution >= 0.6 is 22.9 Å². The summed E-state index contributed by atoms with van der Waals surface area (Å²) in [6, 6.07) is 7.45. The topological polar surface area (TPSA) is 72.2 Å². The maximum absolute atomic E-state index is 12.1. The first-order valence-electron chi connectivity index (χ1n) is 6.41. The summed E-state index contributed by atoms with van der Waals surface area (Å²) in [5.41, 5.74) is 0.831. The van der Waals surface area contributed by atoms with E-state index >= 15 is 0 Å². The second-order valence-corrected chi connectivity index (χ2v) is 6.30. The predicted octanol–water partition coefficient (Wildman–Crippen LogP) is 2.26. The van der Waals surface area contributed by atoms with Crippen LogP contribution in [0.3, 0.4) is 0 Å². The summed E-state index contributed by atoms with van der Waals surface area (Å²) in [4.78, 5) is 32.0. The van der Waals surface area contributed by atoms with Crippen LogP contribution in [-0.2, 0) is 7.05 Å². The standard InChI is InChI=1S/C14H9ClN4O2S/c1-18-11-10(12(20)17-13(18)21)19-6-9(22-14(19)16-11)7-2-4-8(15)5-3-7/h2-6H,1H3,(H,17,20,21). The van der Waals surface area contributed by atoms with E-state index in [0.717, 1.165) is 10.4 Å². The zero-order valence-corrected chi connectivity index (χ0v) is 12.9. The van der Waals surface area contributed by atoms with Crippen molar-refractivity contribution in [1.82, 2.24) is 18.9 Å². The van der Waals surface area contributed by atoms with E-state index in [1.54, 1.807) is 11.4 Å². The van der Waals surface area contributed by atoms with Gasteiger partial charge >= 0.3 is 5.69 Å². The number of nitrogens with one attached hydrogen (secondary N) is 1. The fourth-order valence-electron chi connectivity index (χ4n) is 2.36. The number of fused-ring (bicyclic) bond motifs is 3. The summed E-state index contributed by atoms with van der Waals surface area (Å²) in [5.74, 6) is 0. The molecule has 3 aromatic heterocycles. The Hall–Kier alpha value is -2.38. The molecule has 22 heavy (non-hydrogen) atoms. The fraction of sp³-hybridized carbons (Fsp3) is 0.0714. The second kappa shape index (κ2) is 4.56. The summed E-state index contributed by atoms with van der Waals surface area (Å²) < 4.78 is 3.04. The molecule has 4 aromatic rings. The van der Waals surface area contributed by atoms with E-state index in [1.807, 2.05) is 30.5 Å². The van der Waals surface area contributed by atoms with Crippen molar-refractivity contribution >= 4 is 39.1 Å². The summed E-state index contributed by atoms with van der Waals surface area (Å²) in [5, 5.41) is 0.668. The third-order valence-electron chi connectivity index (χ3n) is 3.49. The second-order valence-electron chi connectivity index (χ2n) is 4.86. The number of imidazole rings is 1. The van der Waals surface area contributed by atoms with E-state index in [-0.39, 0.29) is 0 Å². The van der Waals surface area contributed by atoms with E-state index in [9.17, 15) is 9.59 Å². The SMILES string of the molecule is Cn1c(=O)[nH]c(=O)c2c1nc1sc(-c3ccc(Cl)cc3)cn12. The number of H-pyrrole nitrogens is 1. The van der Waals surface area contributed by atoms with Gasteiger partial charge in [0.15, 0.2) is 16.1 Å². The molecule has 0 saturated heterocycles. The highest BCUT2D eigenvalue weighted by molar-refractivity contribution is 7.20. The number of hydrogen-bond donors (Lipinski definition) is 1. The van der Waals surface area contributed by atoms with Gasteiger partial charge < -0.3 is 0 Å². The normalized spacial score (nSPS) is 11.5. The highest BCUT2D eigenvalue weighted by Crippen LogP contribution is 2.30. The van der Waals surface area contributed by atoms with E-state index in [4.69, 9.17) is 11.6 Å². The van der Waals surface area contributed by atoms with Crippen LogP contribution < -0.4 is 11.2 Å². The Bertz CT molecular complexity index is 1130. The monoisotopic (exact) mass is 332 g/mol. The van der Waals surface area contributed by atoms with Gasteiger partial charge in [-0.1, -0.05) is 35.1 Å². The van der Waals surface area contributed by atoms with Crippen LogP contribution in [0.25, 0.3) is 26.6 Å². The Kier molecular flexibility index (Phi) is 2.75. The predicted molar refractivity (Wildman–Crippen MR) is 86.9 cm³/mol. The van der Waals surface area contributed by atoms with Crippen LogP contribution in [0.4, 0.5) is 0 Å². The Morgan fingerprint density at radius 2 is 1.95 bits per heavy atom. The smallest absolute Gasteiger partial charge is 0.283 e. The fourth-order valence-corrected chi connectivity index (χ4v) is 3.47. The number of hydrogen-bond acceptors (Lipinski definition) is 4. The van der Waals surface area contributed by atoms with Crippen molar-refractivity contribution in [1.29, 1.82) is 0 Å². The minimum absolute atomic E-state index is 0.369. The Labute approximate surface area is 132 Å². The van der Waals surface area contributed by atoms with E-state index in [1.165, 1.54) is 15.9 Å². The first-order valence-corrected chi connectivity index (χ1v) is 7.61. The van der Waals surface area contributed by atoms with Gasteiger partial charge in [0.1, 0.15) is 0 Å². The average Bonchev–Trinajstić information content (AvgIpc) is 3.03. The van der Waals surface area contributed by atoms with Crippen molar-refractivity contribution in [2.45, 2.75) is 0 Å².